The Kier molecular flexibility index (Phi) is 6.57. The molecule has 10 nitrogen and oxygen atoms in total. The number of carbonyl (C=O) groups excluding carboxylic acids is 3. The van der Waals surface area contributed by atoms with Crippen LogP contribution in [-0.4, -0.2) is 86.0 Å². The van der Waals surface area contributed by atoms with Crippen molar-refractivity contribution in [1.82, 2.24) is 9.80 Å². The molecule has 41 heavy (non-hydrogen) atoms. The number of nitrogens with two attached hydrogens (primary N) is 1. The summed E-state index contributed by atoms with van der Waals surface area (Å²) in [7, 11) is 3.20. The number of Topliss-reactive ketones (excluding diaryl/α,β-unsaturated/α-hetero) is 2. The number of rotatable bonds is 5. The molecule has 1 aliphatic heterocycles. The Bertz CT molecular complexity index is 1450. The number of aromatic hydroxyl groups is 1. The molecule has 6 N–H and O–H groups in total. The molecule has 0 spiro atoms. The molecule has 0 radical (unpaired) electrons. The monoisotopic (exact) mass is 585 g/mol. The van der Waals surface area contributed by atoms with Crippen molar-refractivity contribution < 1.29 is 34.8 Å². The van der Waals surface area contributed by atoms with Gasteiger partial charge < -0.3 is 26.2 Å². The van der Waals surface area contributed by atoms with Gasteiger partial charge in [0.25, 0.3) is 5.91 Å². The lowest BCUT2D eigenvalue weighted by Gasteiger charge is -2.50. The molecule has 0 bridgehead atoms. The highest BCUT2D eigenvalue weighted by molar-refractivity contribution is 6.33. The molecule has 2 unspecified atom stereocenters. The second-order valence-corrected chi connectivity index (χ2v) is 13.1. The molecule has 0 aromatic heterocycles. The maximum absolute atomic E-state index is 13.9. The third-order valence-electron chi connectivity index (χ3n) is 10.0. The number of carbonyl (C=O) groups is 3. The van der Waals surface area contributed by atoms with Crippen LogP contribution in [0.4, 0.5) is 0 Å². The summed E-state index contributed by atoms with van der Waals surface area (Å²) in [4.78, 5) is 43.5. The van der Waals surface area contributed by atoms with Crippen molar-refractivity contribution in [2.75, 3.05) is 20.6 Å². The number of phenolic OH excluding ortho intramolecular Hbond substituents is 1. The summed E-state index contributed by atoms with van der Waals surface area (Å²) in [5.74, 6) is -6.02. The molecule has 11 heteroatoms. The van der Waals surface area contributed by atoms with Gasteiger partial charge in [-0.1, -0.05) is 11.6 Å². The second-order valence-electron chi connectivity index (χ2n) is 12.7. The molecule has 1 aromatic carbocycles. The van der Waals surface area contributed by atoms with E-state index >= 15 is 0 Å². The van der Waals surface area contributed by atoms with Crippen LogP contribution in [-0.2, 0) is 16.0 Å². The molecule has 1 aromatic rings. The number of ketones is 2. The number of nitrogens with zero attached hydrogens (tertiary/aromatic N) is 2. The van der Waals surface area contributed by atoms with Gasteiger partial charge in [-0.05, 0) is 88.6 Å². The lowest BCUT2D eigenvalue weighted by atomic mass is 9.58. The normalized spacial score (nSPS) is 33.8. The molecule has 1 saturated carbocycles. The van der Waals surface area contributed by atoms with Crippen LogP contribution < -0.4 is 5.73 Å². The molecular formula is C30H36ClN3O7. The largest absolute Gasteiger partial charge is 0.510 e. The first-order chi connectivity index (χ1) is 19.3. The summed E-state index contributed by atoms with van der Waals surface area (Å²) < 4.78 is 0. The third kappa shape index (κ3) is 3.98. The first-order valence-electron chi connectivity index (χ1n) is 14.2. The van der Waals surface area contributed by atoms with Gasteiger partial charge in [0.15, 0.2) is 11.4 Å². The first-order valence-corrected chi connectivity index (χ1v) is 14.6. The fourth-order valence-electron chi connectivity index (χ4n) is 7.84. The maximum Gasteiger partial charge on any atom is 0.255 e. The predicted octanol–water partition coefficient (Wildman–Crippen LogP) is 2.71. The summed E-state index contributed by atoms with van der Waals surface area (Å²) in [5, 5.41) is 45.7. The number of phenols is 1. The Balaban J connectivity index is 1.46. The van der Waals surface area contributed by atoms with Crippen LogP contribution in [0.5, 0.6) is 5.75 Å². The van der Waals surface area contributed by atoms with Gasteiger partial charge in [-0.2, -0.15) is 0 Å². The number of allylic oxidation sites excluding steroid dienone is 1. The first kappa shape index (κ1) is 28.2. The second kappa shape index (κ2) is 9.55. The van der Waals surface area contributed by atoms with Crippen LogP contribution in [0.2, 0.25) is 5.02 Å². The zero-order chi connectivity index (χ0) is 29.7. The minimum atomic E-state index is -2.66. The summed E-state index contributed by atoms with van der Waals surface area (Å²) in [6, 6.07) is 0.887. The van der Waals surface area contributed by atoms with Crippen molar-refractivity contribution in [3.05, 3.63) is 50.4 Å². The van der Waals surface area contributed by atoms with Crippen molar-refractivity contribution in [3.63, 3.8) is 0 Å². The van der Waals surface area contributed by atoms with Crippen LogP contribution in [0.3, 0.4) is 0 Å². The number of benzene rings is 1. The fourth-order valence-corrected chi connectivity index (χ4v) is 8.19. The summed E-state index contributed by atoms with van der Waals surface area (Å²) in [6.45, 7) is 3.16. The van der Waals surface area contributed by atoms with Crippen LogP contribution in [0.15, 0.2) is 28.7 Å². The standard InChI is InChI=1S/C30H36ClN3O7/c1-12-4-7-18(34(12)11-13-5-6-13)15-10-19(35)21-16(23(15)31)8-14-9-17-24(33(2)3)26(37)22(29(32)40)28(39)30(17,41)27(38)20(14)25(21)36/h10,12-14,17-18,24,35,37-38,41H,4-9,11H2,1-3H3,(H2,32,40)/t12?,14-,17-,18?,24-,30-/m0/s1. The molecule has 1 saturated heterocycles. The summed E-state index contributed by atoms with van der Waals surface area (Å²) >= 11 is 7.04. The topological polar surface area (TPSA) is 165 Å². The van der Waals surface area contributed by atoms with Gasteiger partial charge in [0, 0.05) is 35.1 Å². The van der Waals surface area contributed by atoms with E-state index in [0.29, 0.717) is 22.5 Å². The van der Waals surface area contributed by atoms with E-state index in [1.165, 1.54) is 17.7 Å². The van der Waals surface area contributed by atoms with Crippen molar-refractivity contribution in [1.29, 1.82) is 0 Å². The number of fused-ring (bicyclic) bond motifs is 3. The van der Waals surface area contributed by atoms with Crippen LogP contribution in [0.1, 0.15) is 66.6 Å². The van der Waals surface area contributed by atoms with E-state index in [1.807, 2.05) is 0 Å². The number of amides is 1. The molecule has 1 amide bonds. The van der Waals surface area contributed by atoms with E-state index in [1.54, 1.807) is 20.2 Å². The number of aliphatic hydroxyl groups is 3. The Morgan fingerprint density at radius 1 is 1.17 bits per heavy atom. The molecule has 2 fully saturated rings. The van der Waals surface area contributed by atoms with Crippen molar-refractivity contribution in [2.45, 2.75) is 69.2 Å². The summed E-state index contributed by atoms with van der Waals surface area (Å²) in [5.41, 5.74) is 2.91. The van der Waals surface area contributed by atoms with E-state index in [9.17, 15) is 34.8 Å². The Morgan fingerprint density at radius 3 is 2.46 bits per heavy atom. The lowest BCUT2D eigenvalue weighted by molar-refractivity contribution is -0.148. The van der Waals surface area contributed by atoms with E-state index in [2.05, 4.69) is 11.8 Å². The van der Waals surface area contributed by atoms with Crippen molar-refractivity contribution in [3.8, 4) is 5.75 Å². The highest BCUT2D eigenvalue weighted by Crippen LogP contribution is 2.54. The van der Waals surface area contributed by atoms with E-state index in [0.717, 1.165) is 24.9 Å². The van der Waals surface area contributed by atoms with Gasteiger partial charge in [0.1, 0.15) is 22.8 Å². The van der Waals surface area contributed by atoms with Crippen molar-refractivity contribution in [2.24, 2.45) is 23.5 Å². The maximum atomic E-state index is 13.9. The number of aliphatic hydroxyl groups excluding tert-OH is 2. The van der Waals surface area contributed by atoms with Gasteiger partial charge in [-0.25, -0.2) is 0 Å². The average molecular weight is 586 g/mol. The predicted molar refractivity (Wildman–Crippen MR) is 150 cm³/mol. The van der Waals surface area contributed by atoms with Crippen LogP contribution >= 0.6 is 11.6 Å². The fraction of sp³-hybridized carbons (Fsp3) is 0.567. The van der Waals surface area contributed by atoms with Crippen LogP contribution in [0.25, 0.3) is 0 Å². The Hall–Kier alpha value is -2.92. The van der Waals surface area contributed by atoms with E-state index in [4.69, 9.17) is 17.3 Å². The van der Waals surface area contributed by atoms with Crippen LogP contribution in [0, 0.1) is 17.8 Å². The van der Waals surface area contributed by atoms with Crippen molar-refractivity contribution >= 4 is 29.1 Å². The lowest BCUT2D eigenvalue weighted by Crippen LogP contribution is -2.63. The van der Waals surface area contributed by atoms with Gasteiger partial charge >= 0.3 is 0 Å². The number of hydrogen-bond acceptors (Lipinski definition) is 9. The molecular weight excluding hydrogens is 550 g/mol. The zero-order valence-electron chi connectivity index (χ0n) is 23.4. The molecule has 6 atom stereocenters. The minimum Gasteiger partial charge on any atom is -0.510 e. The van der Waals surface area contributed by atoms with E-state index < -0.39 is 58.0 Å². The molecule has 5 aliphatic rings. The SMILES string of the molecule is CC1CCC(c2cc(O)c3c(c2Cl)C[C@H]2C[C@H]4[C@H](N(C)C)C(O)=C(C(N)=O)C(=O)[C@@]4(O)C(O)=C2C3=O)N1CC1CC1. The number of halogens is 1. The quantitative estimate of drug-likeness (QED) is 0.327. The average Bonchev–Trinajstić information content (AvgIpc) is 3.64. The van der Waals surface area contributed by atoms with Gasteiger partial charge in [-0.3, -0.25) is 24.2 Å². The number of hydrogen-bond donors (Lipinski definition) is 5. The molecule has 4 aliphatic carbocycles. The number of likely N-dealkylation sites (N-methyl/N-ethyl adjacent to an activating group) is 1. The Morgan fingerprint density at radius 2 is 1.85 bits per heavy atom. The van der Waals surface area contributed by atoms with Gasteiger partial charge in [0.2, 0.25) is 5.78 Å². The highest BCUT2D eigenvalue weighted by atomic mass is 35.5. The smallest absolute Gasteiger partial charge is 0.255 e. The van der Waals surface area contributed by atoms with Gasteiger partial charge in [-0.15, -0.1) is 0 Å². The highest BCUT2D eigenvalue weighted by Gasteiger charge is 2.63. The number of likely N-dealkylation sites (tertiary alicyclic amines) is 1. The number of primary amides is 1. The molecule has 220 valence electrons. The zero-order valence-corrected chi connectivity index (χ0v) is 24.1. The van der Waals surface area contributed by atoms with E-state index in [-0.39, 0.29) is 35.8 Å². The Labute approximate surface area is 243 Å². The minimum absolute atomic E-state index is 0.00887. The van der Waals surface area contributed by atoms with Gasteiger partial charge in [0.05, 0.1) is 11.6 Å². The molecule has 1 heterocycles. The summed E-state index contributed by atoms with van der Waals surface area (Å²) in [6.07, 6.45) is 4.51. The third-order valence-corrected chi connectivity index (χ3v) is 10.5. The molecule has 6 rings (SSSR count).